The Morgan fingerprint density at radius 2 is 2.13 bits per heavy atom. The first-order chi connectivity index (χ1) is 7.27. The molecule has 0 spiro atoms. The summed E-state index contributed by atoms with van der Waals surface area (Å²) < 4.78 is 0. The number of hydrogen-bond acceptors (Lipinski definition) is 1. The van der Waals surface area contributed by atoms with Crippen molar-refractivity contribution in [2.24, 2.45) is 0 Å². The van der Waals surface area contributed by atoms with Gasteiger partial charge in [-0.05, 0) is 25.6 Å². The molecule has 0 amide bonds. The largest absolute Gasteiger partial charge is 0.358 e. The molecule has 0 saturated heterocycles. The van der Waals surface area contributed by atoms with Crippen LogP contribution in [0, 0.1) is 6.92 Å². The van der Waals surface area contributed by atoms with Crippen LogP contribution in [0.5, 0.6) is 0 Å². The van der Waals surface area contributed by atoms with Crippen molar-refractivity contribution in [3.05, 3.63) is 35.5 Å². The summed E-state index contributed by atoms with van der Waals surface area (Å²) in [5.41, 5.74) is 3.65. The minimum absolute atomic E-state index is 0.211. The van der Waals surface area contributed by atoms with Crippen LogP contribution in [0.15, 0.2) is 24.3 Å². The Labute approximate surface area is 94.6 Å². The number of hydrogen-bond donors (Lipinski definition) is 2. The minimum Gasteiger partial charge on any atom is -0.358 e. The molecular formula is C12H15ClN2. The summed E-state index contributed by atoms with van der Waals surface area (Å²) in [6.07, 6.45) is 0. The number of aromatic nitrogens is 1. The van der Waals surface area contributed by atoms with Gasteiger partial charge in [-0.25, -0.2) is 0 Å². The Bertz CT molecular complexity index is 458. The lowest BCUT2D eigenvalue weighted by atomic mass is 10.0. The maximum absolute atomic E-state index is 5.96. The average molecular weight is 223 g/mol. The van der Waals surface area contributed by atoms with E-state index in [1.165, 1.54) is 22.2 Å². The summed E-state index contributed by atoms with van der Waals surface area (Å²) in [6.45, 7) is 2.09. The maximum atomic E-state index is 5.96. The first-order valence-corrected chi connectivity index (χ1v) is 5.61. The molecule has 15 heavy (non-hydrogen) atoms. The molecule has 1 aromatic heterocycles. The molecule has 1 aromatic carbocycles. The van der Waals surface area contributed by atoms with Crippen molar-refractivity contribution in [2.75, 3.05) is 12.9 Å². The van der Waals surface area contributed by atoms with Gasteiger partial charge in [0.1, 0.15) is 0 Å². The van der Waals surface area contributed by atoms with Crippen molar-refractivity contribution in [2.45, 2.75) is 13.0 Å². The van der Waals surface area contributed by atoms with Crippen LogP contribution in [0.1, 0.15) is 17.3 Å². The lowest BCUT2D eigenvalue weighted by Crippen LogP contribution is -2.18. The molecule has 2 N–H and O–H groups in total. The van der Waals surface area contributed by atoms with E-state index < -0.39 is 0 Å². The number of fused-ring (bicyclic) bond motifs is 1. The highest BCUT2D eigenvalue weighted by molar-refractivity contribution is 6.18. The van der Waals surface area contributed by atoms with Crippen molar-refractivity contribution < 1.29 is 0 Å². The Morgan fingerprint density at radius 1 is 1.40 bits per heavy atom. The first kappa shape index (κ1) is 10.5. The third-order valence-corrected chi connectivity index (χ3v) is 3.10. The second-order valence-corrected chi connectivity index (χ2v) is 4.01. The molecule has 0 bridgehead atoms. The van der Waals surface area contributed by atoms with E-state index in [1.807, 2.05) is 13.1 Å². The highest BCUT2D eigenvalue weighted by Crippen LogP contribution is 2.28. The molecule has 2 nitrogen and oxygen atoms in total. The zero-order valence-corrected chi connectivity index (χ0v) is 9.73. The summed E-state index contributed by atoms with van der Waals surface area (Å²) in [5.74, 6) is 0.583. The Hall–Kier alpha value is -0.990. The number of aromatic amines is 1. The molecule has 1 unspecified atom stereocenters. The van der Waals surface area contributed by atoms with Crippen LogP contribution in [0.2, 0.25) is 0 Å². The third-order valence-electron chi connectivity index (χ3n) is 2.79. The van der Waals surface area contributed by atoms with E-state index >= 15 is 0 Å². The third kappa shape index (κ3) is 1.75. The molecule has 0 radical (unpaired) electrons. The van der Waals surface area contributed by atoms with E-state index in [0.717, 1.165) is 0 Å². The van der Waals surface area contributed by atoms with Crippen molar-refractivity contribution in [1.29, 1.82) is 0 Å². The molecule has 0 aliphatic heterocycles. The zero-order valence-electron chi connectivity index (χ0n) is 8.97. The Morgan fingerprint density at radius 3 is 2.80 bits per heavy atom. The standard InChI is InChI=1S/C12H15ClN2/c1-8-12(11(7-13)14-2)9-5-3-4-6-10(9)15-8/h3-6,11,14-15H,7H2,1-2H3. The normalized spacial score (nSPS) is 13.3. The van der Waals surface area contributed by atoms with Crippen molar-refractivity contribution >= 4 is 22.5 Å². The number of alkyl halides is 1. The number of nitrogens with one attached hydrogen (secondary N) is 2. The van der Waals surface area contributed by atoms with Crippen LogP contribution in [0.25, 0.3) is 10.9 Å². The zero-order chi connectivity index (χ0) is 10.8. The van der Waals surface area contributed by atoms with E-state index in [0.29, 0.717) is 5.88 Å². The summed E-state index contributed by atoms with van der Waals surface area (Å²) in [5, 5.41) is 4.49. The molecule has 0 saturated carbocycles. The monoisotopic (exact) mass is 222 g/mol. The van der Waals surface area contributed by atoms with Gasteiger partial charge in [0.05, 0.1) is 0 Å². The van der Waals surface area contributed by atoms with Crippen LogP contribution in [-0.2, 0) is 0 Å². The van der Waals surface area contributed by atoms with Gasteiger partial charge >= 0.3 is 0 Å². The van der Waals surface area contributed by atoms with Crippen LogP contribution in [-0.4, -0.2) is 17.9 Å². The van der Waals surface area contributed by atoms with Crippen LogP contribution in [0.4, 0.5) is 0 Å². The van der Waals surface area contributed by atoms with E-state index in [-0.39, 0.29) is 6.04 Å². The highest BCUT2D eigenvalue weighted by atomic mass is 35.5. The summed E-state index contributed by atoms with van der Waals surface area (Å²) in [6, 6.07) is 8.53. The topological polar surface area (TPSA) is 27.8 Å². The molecule has 0 aliphatic rings. The molecule has 3 heteroatoms. The smallest absolute Gasteiger partial charge is 0.0479 e. The predicted molar refractivity (Wildman–Crippen MR) is 65.6 cm³/mol. The number of rotatable bonds is 3. The van der Waals surface area contributed by atoms with Crippen molar-refractivity contribution in [1.82, 2.24) is 10.3 Å². The van der Waals surface area contributed by atoms with E-state index in [4.69, 9.17) is 11.6 Å². The van der Waals surface area contributed by atoms with Gasteiger partial charge in [0.25, 0.3) is 0 Å². The van der Waals surface area contributed by atoms with Crippen LogP contribution >= 0.6 is 11.6 Å². The predicted octanol–water partition coefficient (Wildman–Crippen LogP) is 2.98. The van der Waals surface area contributed by atoms with Crippen molar-refractivity contribution in [3.63, 3.8) is 0 Å². The number of halogens is 1. The van der Waals surface area contributed by atoms with E-state index in [2.05, 4.69) is 35.4 Å². The van der Waals surface area contributed by atoms with Gasteiger partial charge < -0.3 is 10.3 Å². The van der Waals surface area contributed by atoms with Gasteiger partial charge in [0.15, 0.2) is 0 Å². The Kier molecular flexibility index (Phi) is 2.98. The number of para-hydroxylation sites is 1. The SMILES string of the molecule is CNC(CCl)c1c(C)[nH]c2ccccc12. The van der Waals surface area contributed by atoms with Gasteiger partial charge in [-0.15, -0.1) is 11.6 Å². The quantitative estimate of drug-likeness (QED) is 0.768. The molecule has 2 rings (SSSR count). The van der Waals surface area contributed by atoms with Crippen LogP contribution in [0.3, 0.4) is 0 Å². The lowest BCUT2D eigenvalue weighted by Gasteiger charge is -2.13. The van der Waals surface area contributed by atoms with Gasteiger partial charge in [0, 0.05) is 28.5 Å². The lowest BCUT2D eigenvalue weighted by molar-refractivity contribution is 0.659. The molecule has 80 valence electrons. The van der Waals surface area contributed by atoms with Gasteiger partial charge in [-0.3, -0.25) is 0 Å². The molecule has 2 aromatic rings. The minimum atomic E-state index is 0.211. The van der Waals surface area contributed by atoms with Crippen LogP contribution < -0.4 is 5.32 Å². The maximum Gasteiger partial charge on any atom is 0.0479 e. The van der Waals surface area contributed by atoms with Crippen molar-refractivity contribution in [3.8, 4) is 0 Å². The van der Waals surface area contributed by atoms with Gasteiger partial charge in [0.2, 0.25) is 0 Å². The van der Waals surface area contributed by atoms with E-state index in [1.54, 1.807) is 0 Å². The summed E-state index contributed by atoms with van der Waals surface area (Å²) in [4.78, 5) is 3.38. The number of aryl methyl sites for hydroxylation is 1. The Balaban J connectivity index is 2.62. The van der Waals surface area contributed by atoms with E-state index in [9.17, 15) is 0 Å². The van der Waals surface area contributed by atoms with Gasteiger partial charge in [-0.2, -0.15) is 0 Å². The summed E-state index contributed by atoms with van der Waals surface area (Å²) >= 11 is 5.96. The average Bonchev–Trinajstić information content (AvgIpc) is 2.58. The molecular weight excluding hydrogens is 208 g/mol. The second-order valence-electron chi connectivity index (χ2n) is 3.70. The van der Waals surface area contributed by atoms with Gasteiger partial charge in [-0.1, -0.05) is 18.2 Å². The fourth-order valence-electron chi connectivity index (χ4n) is 2.05. The first-order valence-electron chi connectivity index (χ1n) is 5.08. The second kappa shape index (κ2) is 4.25. The fraction of sp³-hybridized carbons (Fsp3) is 0.333. The summed E-state index contributed by atoms with van der Waals surface area (Å²) in [7, 11) is 1.94. The molecule has 0 fully saturated rings. The molecule has 0 aliphatic carbocycles. The molecule has 1 heterocycles. The number of benzene rings is 1. The fourth-order valence-corrected chi connectivity index (χ4v) is 2.35. The highest BCUT2D eigenvalue weighted by Gasteiger charge is 2.15. The number of H-pyrrole nitrogens is 1. The molecule has 1 atom stereocenters.